The van der Waals surface area contributed by atoms with E-state index in [1.807, 2.05) is 0 Å². The van der Waals surface area contributed by atoms with Gasteiger partial charge in [-0.2, -0.15) is 0 Å². The Morgan fingerprint density at radius 3 is 2.79 bits per heavy atom. The summed E-state index contributed by atoms with van der Waals surface area (Å²) in [5.41, 5.74) is 2.36. The molecule has 0 unspecified atom stereocenters. The van der Waals surface area contributed by atoms with Crippen LogP contribution in [0.15, 0.2) is 11.7 Å². The first-order chi connectivity index (χ1) is 9.29. The minimum absolute atomic E-state index is 1.05. The number of rotatable bonds is 3. The number of aromatic nitrogens is 2. The SMILES string of the molecule is Cc1csc2c(N3CCN(CCBr)CC3)ncnc12. The molecule has 0 spiro atoms. The van der Waals surface area contributed by atoms with Crippen LogP contribution in [-0.2, 0) is 0 Å². The highest BCUT2D eigenvalue weighted by Gasteiger charge is 2.20. The van der Waals surface area contributed by atoms with Gasteiger partial charge in [0.1, 0.15) is 12.1 Å². The van der Waals surface area contributed by atoms with Crippen LogP contribution in [-0.4, -0.2) is 52.9 Å². The maximum absolute atomic E-state index is 4.51. The smallest absolute Gasteiger partial charge is 0.150 e. The Hall–Kier alpha value is -0.720. The standard InChI is InChI=1S/C13H17BrN4S/c1-10-8-19-12-11(10)15-9-16-13(12)18-6-4-17(3-2-14)5-7-18/h8-9H,2-7H2,1H3. The van der Waals surface area contributed by atoms with Gasteiger partial charge in [-0.15, -0.1) is 11.3 Å². The predicted molar refractivity (Wildman–Crippen MR) is 84.6 cm³/mol. The van der Waals surface area contributed by atoms with Gasteiger partial charge in [-0.3, -0.25) is 4.90 Å². The molecule has 0 atom stereocenters. The molecule has 3 rings (SSSR count). The van der Waals surface area contributed by atoms with E-state index in [1.165, 1.54) is 10.3 Å². The fraction of sp³-hybridized carbons (Fsp3) is 0.538. The molecule has 0 amide bonds. The lowest BCUT2D eigenvalue weighted by molar-refractivity contribution is 0.273. The normalized spacial score (nSPS) is 17.3. The van der Waals surface area contributed by atoms with Crippen molar-refractivity contribution in [2.75, 3.05) is 43.0 Å². The van der Waals surface area contributed by atoms with Gasteiger partial charge in [-0.05, 0) is 17.9 Å². The Kier molecular flexibility index (Phi) is 4.00. The largest absolute Gasteiger partial charge is 0.353 e. The zero-order valence-electron chi connectivity index (χ0n) is 11.0. The number of piperazine rings is 1. The second-order valence-electron chi connectivity index (χ2n) is 4.81. The molecule has 0 aliphatic carbocycles. The van der Waals surface area contributed by atoms with Crippen LogP contribution >= 0.6 is 27.3 Å². The van der Waals surface area contributed by atoms with Gasteiger partial charge in [0.2, 0.25) is 0 Å². The van der Waals surface area contributed by atoms with Gasteiger partial charge in [0.25, 0.3) is 0 Å². The summed E-state index contributed by atoms with van der Waals surface area (Å²) >= 11 is 5.26. The molecule has 4 nitrogen and oxygen atoms in total. The molecular formula is C13H17BrN4S. The third-order valence-electron chi connectivity index (χ3n) is 3.58. The molecule has 0 N–H and O–H groups in total. The molecule has 102 valence electrons. The number of fused-ring (bicyclic) bond motifs is 1. The van der Waals surface area contributed by atoms with Crippen molar-refractivity contribution in [3.05, 3.63) is 17.3 Å². The van der Waals surface area contributed by atoms with Crippen molar-refractivity contribution in [3.63, 3.8) is 0 Å². The molecule has 0 bridgehead atoms. The molecule has 0 aromatic carbocycles. The average molecular weight is 341 g/mol. The van der Waals surface area contributed by atoms with Gasteiger partial charge in [0.15, 0.2) is 0 Å². The molecular weight excluding hydrogens is 324 g/mol. The summed E-state index contributed by atoms with van der Waals surface area (Å²) in [6, 6.07) is 0. The topological polar surface area (TPSA) is 32.3 Å². The first-order valence-electron chi connectivity index (χ1n) is 6.51. The van der Waals surface area contributed by atoms with Gasteiger partial charge < -0.3 is 4.90 Å². The van der Waals surface area contributed by atoms with Crippen molar-refractivity contribution >= 4 is 43.3 Å². The summed E-state index contributed by atoms with van der Waals surface area (Å²) in [4.78, 5) is 13.8. The van der Waals surface area contributed by atoms with E-state index in [0.717, 1.165) is 49.4 Å². The lowest BCUT2D eigenvalue weighted by atomic mass is 10.3. The van der Waals surface area contributed by atoms with Crippen LogP contribution in [0.3, 0.4) is 0 Å². The Morgan fingerprint density at radius 1 is 1.26 bits per heavy atom. The average Bonchev–Trinajstić information content (AvgIpc) is 2.82. The Bertz CT molecular complexity index is 563. The number of aryl methyl sites for hydroxylation is 1. The van der Waals surface area contributed by atoms with Gasteiger partial charge in [-0.1, -0.05) is 15.9 Å². The first kappa shape index (κ1) is 13.3. The summed E-state index contributed by atoms with van der Waals surface area (Å²) in [6.45, 7) is 7.57. The molecule has 1 aliphatic rings. The van der Waals surface area contributed by atoms with Crippen LogP contribution in [0.1, 0.15) is 5.56 Å². The number of hydrogen-bond donors (Lipinski definition) is 0. The minimum Gasteiger partial charge on any atom is -0.353 e. The summed E-state index contributed by atoms with van der Waals surface area (Å²) < 4.78 is 1.23. The quantitative estimate of drug-likeness (QED) is 0.803. The monoisotopic (exact) mass is 340 g/mol. The molecule has 2 aromatic rings. The van der Waals surface area contributed by atoms with Gasteiger partial charge in [-0.25, -0.2) is 9.97 Å². The Balaban J connectivity index is 1.82. The molecule has 0 saturated carbocycles. The summed E-state index contributed by atoms with van der Waals surface area (Å²) in [7, 11) is 0. The maximum atomic E-state index is 4.51. The zero-order valence-corrected chi connectivity index (χ0v) is 13.4. The molecule has 1 aliphatic heterocycles. The number of hydrogen-bond acceptors (Lipinski definition) is 5. The lowest BCUT2D eigenvalue weighted by Crippen LogP contribution is -2.47. The van der Waals surface area contributed by atoms with Crippen LogP contribution in [0, 0.1) is 6.92 Å². The van der Waals surface area contributed by atoms with Crippen LogP contribution in [0.2, 0.25) is 0 Å². The highest BCUT2D eigenvalue weighted by Crippen LogP contribution is 2.31. The van der Waals surface area contributed by atoms with Crippen molar-refractivity contribution in [2.45, 2.75) is 6.92 Å². The molecule has 1 saturated heterocycles. The summed E-state index contributed by atoms with van der Waals surface area (Å²) in [6.07, 6.45) is 1.70. The van der Waals surface area contributed by atoms with Gasteiger partial charge >= 0.3 is 0 Å². The van der Waals surface area contributed by atoms with Crippen molar-refractivity contribution in [1.82, 2.24) is 14.9 Å². The minimum atomic E-state index is 1.05. The van der Waals surface area contributed by atoms with Crippen molar-refractivity contribution in [2.24, 2.45) is 0 Å². The van der Waals surface area contributed by atoms with E-state index >= 15 is 0 Å². The van der Waals surface area contributed by atoms with Crippen LogP contribution in [0.5, 0.6) is 0 Å². The number of nitrogens with zero attached hydrogens (tertiary/aromatic N) is 4. The van der Waals surface area contributed by atoms with Crippen molar-refractivity contribution in [3.8, 4) is 0 Å². The fourth-order valence-corrected chi connectivity index (χ4v) is 4.01. The Morgan fingerprint density at radius 2 is 2.05 bits per heavy atom. The van der Waals surface area contributed by atoms with E-state index in [9.17, 15) is 0 Å². The first-order valence-corrected chi connectivity index (χ1v) is 8.52. The highest BCUT2D eigenvalue weighted by molar-refractivity contribution is 9.09. The predicted octanol–water partition coefficient (Wildman–Crippen LogP) is 2.52. The number of anilines is 1. The number of halogens is 1. The highest BCUT2D eigenvalue weighted by atomic mass is 79.9. The third kappa shape index (κ3) is 2.61. The van der Waals surface area contributed by atoms with E-state index < -0.39 is 0 Å². The molecule has 2 aromatic heterocycles. The second-order valence-corrected chi connectivity index (χ2v) is 6.48. The van der Waals surface area contributed by atoms with E-state index in [0.29, 0.717) is 0 Å². The van der Waals surface area contributed by atoms with E-state index in [2.05, 4.69) is 48.0 Å². The zero-order chi connectivity index (χ0) is 13.2. The number of alkyl halides is 1. The second kappa shape index (κ2) is 5.73. The molecule has 1 fully saturated rings. The van der Waals surface area contributed by atoms with E-state index in [4.69, 9.17) is 0 Å². The Labute approximate surface area is 125 Å². The van der Waals surface area contributed by atoms with Crippen molar-refractivity contribution in [1.29, 1.82) is 0 Å². The molecule has 6 heteroatoms. The lowest BCUT2D eigenvalue weighted by Gasteiger charge is -2.35. The number of thiophene rings is 1. The third-order valence-corrected chi connectivity index (χ3v) is 5.02. The summed E-state index contributed by atoms with van der Waals surface area (Å²) in [5.74, 6) is 1.11. The van der Waals surface area contributed by atoms with E-state index in [-0.39, 0.29) is 0 Å². The fourth-order valence-electron chi connectivity index (χ4n) is 2.49. The van der Waals surface area contributed by atoms with E-state index in [1.54, 1.807) is 17.7 Å². The van der Waals surface area contributed by atoms with Gasteiger partial charge in [0, 0.05) is 38.1 Å². The van der Waals surface area contributed by atoms with Gasteiger partial charge in [0.05, 0.1) is 10.2 Å². The maximum Gasteiger partial charge on any atom is 0.150 e. The molecule has 3 heterocycles. The molecule has 0 radical (unpaired) electrons. The molecule has 19 heavy (non-hydrogen) atoms. The van der Waals surface area contributed by atoms with Crippen LogP contribution < -0.4 is 4.90 Å². The summed E-state index contributed by atoms with van der Waals surface area (Å²) in [5, 5.41) is 3.22. The van der Waals surface area contributed by atoms with Crippen molar-refractivity contribution < 1.29 is 0 Å². The van der Waals surface area contributed by atoms with Crippen LogP contribution in [0.25, 0.3) is 10.2 Å². The van der Waals surface area contributed by atoms with Crippen LogP contribution in [0.4, 0.5) is 5.82 Å².